The average Bonchev–Trinajstić information content (AvgIpc) is 3.19. The number of carbonyl (C=O) groups excluding carboxylic acids is 1. The third-order valence-corrected chi connectivity index (χ3v) is 5.74. The second kappa shape index (κ2) is 8.68. The van der Waals surface area contributed by atoms with Gasteiger partial charge in [0.2, 0.25) is 0 Å². The molecule has 4 heteroatoms. The summed E-state index contributed by atoms with van der Waals surface area (Å²) >= 11 is 0. The van der Waals surface area contributed by atoms with Crippen molar-refractivity contribution in [1.82, 2.24) is 10.2 Å². The molecule has 2 fully saturated rings. The third kappa shape index (κ3) is 4.57. The Balaban J connectivity index is 1.33. The molecule has 0 saturated carbocycles. The molecule has 0 radical (unpaired) electrons. The van der Waals surface area contributed by atoms with Gasteiger partial charge >= 0.3 is 0 Å². The van der Waals surface area contributed by atoms with E-state index in [2.05, 4.69) is 40.5 Å². The normalized spacial score (nSPS) is 22.4. The van der Waals surface area contributed by atoms with Crippen LogP contribution in [-0.2, 0) is 17.6 Å². The van der Waals surface area contributed by atoms with Crippen molar-refractivity contribution in [3.8, 4) is 0 Å². The number of nitrogens with one attached hydrogen (secondary N) is 1. The maximum absolute atomic E-state index is 12.8. The standard InChI is InChI=1S/C23H28N2O2/c26-23(24-15-21-16-25-14-6-10-20(25)17-27-21)22-11-5-4-9-19(22)13-12-18-7-2-1-3-8-18/h1-5,7-9,11,20-21H,6,10,12-17H2,(H,24,26)/t20-,21-/m1/s1. The number of fused-ring (bicyclic) bond motifs is 1. The summed E-state index contributed by atoms with van der Waals surface area (Å²) < 4.78 is 5.96. The van der Waals surface area contributed by atoms with Gasteiger partial charge in [0.15, 0.2) is 0 Å². The van der Waals surface area contributed by atoms with Crippen molar-refractivity contribution < 1.29 is 9.53 Å². The van der Waals surface area contributed by atoms with Crippen LogP contribution in [0.5, 0.6) is 0 Å². The van der Waals surface area contributed by atoms with Crippen LogP contribution in [0.25, 0.3) is 0 Å². The lowest BCUT2D eigenvalue weighted by molar-refractivity contribution is -0.0461. The first-order valence-electron chi connectivity index (χ1n) is 10.1. The zero-order valence-corrected chi connectivity index (χ0v) is 15.8. The van der Waals surface area contributed by atoms with E-state index in [9.17, 15) is 4.79 Å². The molecule has 2 saturated heterocycles. The summed E-state index contributed by atoms with van der Waals surface area (Å²) in [5.74, 6) is 0.00538. The number of nitrogens with zero attached hydrogens (tertiary/aromatic N) is 1. The zero-order valence-electron chi connectivity index (χ0n) is 15.8. The first-order chi connectivity index (χ1) is 13.3. The van der Waals surface area contributed by atoms with Gasteiger partial charge in [-0.3, -0.25) is 9.69 Å². The molecule has 0 spiro atoms. The molecule has 2 aliphatic heterocycles. The number of benzene rings is 2. The van der Waals surface area contributed by atoms with Gasteiger partial charge in [-0.15, -0.1) is 0 Å². The molecule has 1 N–H and O–H groups in total. The van der Waals surface area contributed by atoms with Crippen molar-refractivity contribution in [2.24, 2.45) is 0 Å². The number of hydrogen-bond acceptors (Lipinski definition) is 3. The third-order valence-electron chi connectivity index (χ3n) is 5.74. The van der Waals surface area contributed by atoms with E-state index in [0.717, 1.165) is 37.1 Å². The topological polar surface area (TPSA) is 41.6 Å². The van der Waals surface area contributed by atoms with Crippen LogP contribution in [0, 0.1) is 0 Å². The lowest BCUT2D eigenvalue weighted by atomic mass is 9.99. The Hall–Kier alpha value is -2.17. The molecule has 2 heterocycles. The van der Waals surface area contributed by atoms with Crippen molar-refractivity contribution in [2.75, 3.05) is 26.2 Å². The number of amides is 1. The zero-order chi connectivity index (χ0) is 18.5. The van der Waals surface area contributed by atoms with Crippen molar-refractivity contribution in [2.45, 2.75) is 37.8 Å². The quantitative estimate of drug-likeness (QED) is 0.857. The number of morpholine rings is 1. The molecule has 27 heavy (non-hydrogen) atoms. The van der Waals surface area contributed by atoms with E-state index in [1.54, 1.807) is 0 Å². The predicted octanol–water partition coefficient (Wildman–Crippen LogP) is 3.06. The highest BCUT2D eigenvalue weighted by Crippen LogP contribution is 2.22. The lowest BCUT2D eigenvalue weighted by Gasteiger charge is -2.35. The molecular formula is C23H28N2O2. The monoisotopic (exact) mass is 364 g/mol. The highest BCUT2D eigenvalue weighted by atomic mass is 16.5. The number of carbonyl (C=O) groups is 1. The largest absolute Gasteiger partial charge is 0.373 e. The Labute approximate surface area is 161 Å². The highest BCUT2D eigenvalue weighted by molar-refractivity contribution is 5.95. The molecule has 2 atom stereocenters. The van der Waals surface area contributed by atoms with Gasteiger partial charge in [-0.2, -0.15) is 0 Å². The minimum atomic E-state index is 0.00538. The SMILES string of the molecule is O=C(NC[C@@H]1CN2CCC[C@@H]2CO1)c1ccccc1CCc1ccccc1. The van der Waals surface area contributed by atoms with E-state index in [1.165, 1.54) is 24.9 Å². The highest BCUT2D eigenvalue weighted by Gasteiger charge is 2.32. The van der Waals surface area contributed by atoms with Crippen LogP contribution in [-0.4, -0.2) is 49.2 Å². The van der Waals surface area contributed by atoms with Gasteiger partial charge in [0.25, 0.3) is 5.91 Å². The summed E-state index contributed by atoms with van der Waals surface area (Å²) in [6.07, 6.45) is 4.41. The van der Waals surface area contributed by atoms with E-state index in [4.69, 9.17) is 4.74 Å². The summed E-state index contributed by atoms with van der Waals surface area (Å²) in [5, 5.41) is 3.10. The molecule has 4 nitrogen and oxygen atoms in total. The fourth-order valence-electron chi connectivity index (χ4n) is 4.19. The fraction of sp³-hybridized carbons (Fsp3) is 0.435. The van der Waals surface area contributed by atoms with Crippen LogP contribution in [0.15, 0.2) is 54.6 Å². The summed E-state index contributed by atoms with van der Waals surface area (Å²) in [6.45, 7) is 3.48. The Morgan fingerprint density at radius 2 is 1.89 bits per heavy atom. The van der Waals surface area contributed by atoms with E-state index < -0.39 is 0 Å². The molecule has 4 rings (SSSR count). The molecule has 0 bridgehead atoms. The number of aryl methyl sites for hydroxylation is 2. The molecule has 2 aromatic rings. The molecule has 1 amide bonds. The lowest BCUT2D eigenvalue weighted by Crippen LogP contribution is -2.50. The van der Waals surface area contributed by atoms with Crippen LogP contribution in [0.4, 0.5) is 0 Å². The minimum Gasteiger partial charge on any atom is -0.373 e. The Bertz CT molecular complexity index is 762. The fourth-order valence-corrected chi connectivity index (χ4v) is 4.19. The maximum atomic E-state index is 12.8. The van der Waals surface area contributed by atoms with Crippen LogP contribution in [0.2, 0.25) is 0 Å². The molecule has 0 unspecified atom stereocenters. The summed E-state index contributed by atoms with van der Waals surface area (Å²) in [6, 6.07) is 18.9. The average molecular weight is 364 g/mol. The second-order valence-corrected chi connectivity index (χ2v) is 7.60. The van der Waals surface area contributed by atoms with Gasteiger partial charge in [0.05, 0.1) is 12.7 Å². The van der Waals surface area contributed by atoms with Gasteiger partial charge < -0.3 is 10.1 Å². The second-order valence-electron chi connectivity index (χ2n) is 7.60. The van der Waals surface area contributed by atoms with Gasteiger partial charge in [0.1, 0.15) is 0 Å². The maximum Gasteiger partial charge on any atom is 0.251 e. The Morgan fingerprint density at radius 3 is 2.78 bits per heavy atom. The number of rotatable bonds is 6. The number of hydrogen-bond donors (Lipinski definition) is 1. The van der Waals surface area contributed by atoms with Crippen molar-refractivity contribution >= 4 is 5.91 Å². The van der Waals surface area contributed by atoms with Crippen LogP contribution in [0.1, 0.15) is 34.3 Å². The summed E-state index contributed by atoms with van der Waals surface area (Å²) in [7, 11) is 0. The molecule has 2 aromatic carbocycles. The van der Waals surface area contributed by atoms with Gasteiger partial charge in [-0.25, -0.2) is 0 Å². The molecule has 0 aromatic heterocycles. The Kier molecular flexibility index (Phi) is 5.85. The molecule has 2 aliphatic rings. The number of ether oxygens (including phenoxy) is 1. The van der Waals surface area contributed by atoms with Gasteiger partial charge in [-0.1, -0.05) is 48.5 Å². The van der Waals surface area contributed by atoms with Crippen molar-refractivity contribution in [1.29, 1.82) is 0 Å². The van der Waals surface area contributed by atoms with Crippen LogP contribution in [0.3, 0.4) is 0 Å². The van der Waals surface area contributed by atoms with Gasteiger partial charge in [-0.05, 0) is 49.4 Å². The van der Waals surface area contributed by atoms with Crippen molar-refractivity contribution in [3.63, 3.8) is 0 Å². The van der Waals surface area contributed by atoms with E-state index in [-0.39, 0.29) is 12.0 Å². The Morgan fingerprint density at radius 1 is 1.07 bits per heavy atom. The van der Waals surface area contributed by atoms with Crippen LogP contribution >= 0.6 is 0 Å². The smallest absolute Gasteiger partial charge is 0.251 e. The van der Waals surface area contributed by atoms with E-state index in [0.29, 0.717) is 12.6 Å². The predicted molar refractivity (Wildman–Crippen MR) is 107 cm³/mol. The minimum absolute atomic E-state index is 0.00538. The van der Waals surface area contributed by atoms with E-state index in [1.807, 2.05) is 24.3 Å². The molecular weight excluding hydrogens is 336 g/mol. The van der Waals surface area contributed by atoms with Gasteiger partial charge in [0, 0.05) is 24.7 Å². The summed E-state index contributed by atoms with van der Waals surface area (Å²) in [5.41, 5.74) is 3.18. The molecule has 142 valence electrons. The van der Waals surface area contributed by atoms with E-state index >= 15 is 0 Å². The van der Waals surface area contributed by atoms with Crippen LogP contribution < -0.4 is 5.32 Å². The first-order valence-corrected chi connectivity index (χ1v) is 10.1. The summed E-state index contributed by atoms with van der Waals surface area (Å²) in [4.78, 5) is 15.3. The van der Waals surface area contributed by atoms with Crippen molar-refractivity contribution in [3.05, 3.63) is 71.3 Å². The molecule has 0 aliphatic carbocycles. The first kappa shape index (κ1) is 18.2.